The van der Waals surface area contributed by atoms with Gasteiger partial charge in [-0.25, -0.2) is 9.37 Å². The Morgan fingerprint density at radius 3 is 3.00 bits per heavy atom. The Bertz CT molecular complexity index is 375. The molecule has 0 spiro atoms. The van der Waals surface area contributed by atoms with E-state index in [9.17, 15) is 9.18 Å². The summed E-state index contributed by atoms with van der Waals surface area (Å²) in [6, 6.07) is 0. The smallest absolute Gasteiger partial charge is 0.291 e. The van der Waals surface area contributed by atoms with Crippen LogP contribution in [0.25, 0.3) is 0 Å². The maximum absolute atomic E-state index is 12.3. The number of imidazole rings is 1. The number of hydrogen-bond donors (Lipinski definition) is 0. The van der Waals surface area contributed by atoms with Crippen LogP contribution in [-0.4, -0.2) is 26.9 Å². The lowest BCUT2D eigenvalue weighted by Gasteiger charge is -2.13. The van der Waals surface area contributed by atoms with Crippen LogP contribution >= 0.6 is 0 Å². The van der Waals surface area contributed by atoms with Gasteiger partial charge in [0.1, 0.15) is 6.67 Å². The van der Waals surface area contributed by atoms with Gasteiger partial charge in [-0.3, -0.25) is 4.79 Å². The van der Waals surface area contributed by atoms with E-state index < -0.39 is 6.67 Å². The van der Waals surface area contributed by atoms with Gasteiger partial charge in [0.05, 0.1) is 12.4 Å². The van der Waals surface area contributed by atoms with E-state index in [0.29, 0.717) is 18.2 Å². The van der Waals surface area contributed by atoms with Gasteiger partial charge in [0.15, 0.2) is 0 Å². The minimum Gasteiger partial charge on any atom is -0.318 e. The van der Waals surface area contributed by atoms with Crippen molar-refractivity contribution in [1.82, 2.24) is 14.5 Å². The van der Waals surface area contributed by atoms with Crippen molar-refractivity contribution >= 4 is 5.91 Å². The molecule has 1 amide bonds. The number of amides is 1. The van der Waals surface area contributed by atoms with Crippen molar-refractivity contribution in [3.05, 3.63) is 17.7 Å². The molecule has 1 aliphatic heterocycles. The monoisotopic (exact) mass is 211 g/mol. The molecule has 0 radical (unpaired) electrons. The van der Waals surface area contributed by atoms with E-state index in [2.05, 4.69) is 11.9 Å². The van der Waals surface area contributed by atoms with Crippen molar-refractivity contribution in [1.29, 1.82) is 0 Å². The first-order valence-electron chi connectivity index (χ1n) is 5.17. The van der Waals surface area contributed by atoms with Gasteiger partial charge in [0, 0.05) is 12.7 Å². The fourth-order valence-corrected chi connectivity index (χ4v) is 1.72. The second kappa shape index (κ2) is 4.00. The number of carbonyl (C=O) groups is 1. The number of aromatic nitrogens is 2. The second-order valence-electron chi connectivity index (χ2n) is 3.72. The third kappa shape index (κ3) is 1.73. The minimum atomic E-state index is -0.609. The van der Waals surface area contributed by atoms with Crippen LogP contribution in [0.4, 0.5) is 4.39 Å². The molecule has 0 saturated heterocycles. The highest BCUT2D eigenvalue weighted by atomic mass is 19.1. The fourth-order valence-electron chi connectivity index (χ4n) is 1.72. The first-order valence-corrected chi connectivity index (χ1v) is 5.17. The Balaban J connectivity index is 2.10. The lowest BCUT2D eigenvalue weighted by Crippen LogP contribution is -2.26. The van der Waals surface area contributed by atoms with Crippen LogP contribution < -0.4 is 0 Å². The van der Waals surface area contributed by atoms with Crippen LogP contribution in [0.2, 0.25) is 0 Å². The molecule has 1 aliphatic rings. The van der Waals surface area contributed by atoms with Crippen LogP contribution in [0, 0.1) is 0 Å². The topological polar surface area (TPSA) is 38.1 Å². The quantitative estimate of drug-likeness (QED) is 0.758. The first-order chi connectivity index (χ1) is 7.26. The molecule has 0 saturated carbocycles. The summed E-state index contributed by atoms with van der Waals surface area (Å²) in [5.74, 6) is 0.293. The van der Waals surface area contributed by atoms with Crippen molar-refractivity contribution in [2.75, 3.05) is 6.54 Å². The molecular weight excluding hydrogens is 197 g/mol. The average molecular weight is 211 g/mol. The van der Waals surface area contributed by atoms with Gasteiger partial charge in [-0.05, 0) is 6.42 Å². The molecule has 2 rings (SSSR count). The van der Waals surface area contributed by atoms with Gasteiger partial charge in [-0.15, -0.1) is 0 Å². The van der Waals surface area contributed by atoms with Gasteiger partial charge in [0.25, 0.3) is 5.91 Å². The van der Waals surface area contributed by atoms with Gasteiger partial charge in [0.2, 0.25) is 5.82 Å². The molecule has 0 fully saturated rings. The van der Waals surface area contributed by atoms with Gasteiger partial charge in [-0.1, -0.05) is 13.3 Å². The highest BCUT2D eigenvalue weighted by Crippen LogP contribution is 2.16. The summed E-state index contributed by atoms with van der Waals surface area (Å²) < 4.78 is 14.0. The SMILES string of the molecule is CCCCN1Cn2cc(CF)nc2C1=O. The zero-order chi connectivity index (χ0) is 10.8. The molecule has 0 aliphatic carbocycles. The standard InChI is InChI=1S/C10H14FN3O/c1-2-3-4-13-7-14-6-8(5-11)12-9(14)10(13)15/h6H,2-5,7H2,1H3. The lowest BCUT2D eigenvalue weighted by atomic mass is 10.3. The van der Waals surface area contributed by atoms with Crippen LogP contribution in [0.15, 0.2) is 6.20 Å². The van der Waals surface area contributed by atoms with Gasteiger partial charge in [-0.2, -0.15) is 0 Å². The summed E-state index contributed by atoms with van der Waals surface area (Å²) in [7, 11) is 0. The van der Waals surface area contributed by atoms with E-state index in [1.54, 1.807) is 15.7 Å². The fraction of sp³-hybridized carbons (Fsp3) is 0.600. The van der Waals surface area contributed by atoms with Crippen molar-refractivity contribution in [2.24, 2.45) is 0 Å². The van der Waals surface area contributed by atoms with Crippen LogP contribution in [-0.2, 0) is 13.3 Å². The molecule has 4 nitrogen and oxygen atoms in total. The summed E-state index contributed by atoms with van der Waals surface area (Å²) in [4.78, 5) is 17.4. The normalized spacial score (nSPS) is 14.8. The summed E-state index contributed by atoms with van der Waals surface area (Å²) in [5, 5.41) is 0. The summed E-state index contributed by atoms with van der Waals surface area (Å²) in [6.07, 6.45) is 3.66. The number of fused-ring (bicyclic) bond motifs is 1. The lowest BCUT2D eigenvalue weighted by molar-refractivity contribution is 0.0763. The Kier molecular flexibility index (Phi) is 2.70. The number of unbranched alkanes of at least 4 members (excludes halogenated alkanes) is 1. The Morgan fingerprint density at radius 2 is 2.40 bits per heavy atom. The van der Waals surface area contributed by atoms with Crippen molar-refractivity contribution in [3.8, 4) is 0 Å². The molecule has 0 atom stereocenters. The zero-order valence-electron chi connectivity index (χ0n) is 8.74. The largest absolute Gasteiger partial charge is 0.318 e. The van der Waals surface area contributed by atoms with E-state index in [1.807, 2.05) is 0 Å². The number of hydrogen-bond acceptors (Lipinski definition) is 2. The molecule has 15 heavy (non-hydrogen) atoms. The molecular formula is C10H14FN3O. The zero-order valence-corrected chi connectivity index (χ0v) is 8.74. The van der Waals surface area contributed by atoms with E-state index in [4.69, 9.17) is 0 Å². The minimum absolute atomic E-state index is 0.0804. The number of rotatable bonds is 4. The molecule has 82 valence electrons. The Hall–Kier alpha value is -1.39. The molecule has 0 N–H and O–H groups in total. The number of alkyl halides is 1. The van der Waals surface area contributed by atoms with Crippen LogP contribution in [0.1, 0.15) is 36.1 Å². The predicted octanol–water partition coefficient (Wildman–Crippen LogP) is 1.57. The number of halogens is 1. The highest BCUT2D eigenvalue weighted by molar-refractivity contribution is 5.92. The predicted molar refractivity (Wildman–Crippen MR) is 53.0 cm³/mol. The molecule has 2 heterocycles. The van der Waals surface area contributed by atoms with E-state index in [1.165, 1.54) is 0 Å². The molecule has 5 heteroatoms. The molecule has 0 aromatic carbocycles. The first kappa shape index (κ1) is 10.1. The van der Waals surface area contributed by atoms with Crippen molar-refractivity contribution < 1.29 is 9.18 Å². The van der Waals surface area contributed by atoms with Crippen molar-refractivity contribution in [3.63, 3.8) is 0 Å². The third-order valence-electron chi connectivity index (χ3n) is 2.55. The summed E-state index contributed by atoms with van der Waals surface area (Å²) >= 11 is 0. The van der Waals surface area contributed by atoms with Gasteiger partial charge >= 0.3 is 0 Å². The maximum atomic E-state index is 12.3. The van der Waals surface area contributed by atoms with E-state index in [0.717, 1.165) is 19.4 Å². The van der Waals surface area contributed by atoms with Crippen molar-refractivity contribution in [2.45, 2.75) is 33.1 Å². The van der Waals surface area contributed by atoms with Gasteiger partial charge < -0.3 is 9.47 Å². The highest BCUT2D eigenvalue weighted by Gasteiger charge is 2.28. The second-order valence-corrected chi connectivity index (χ2v) is 3.72. The molecule has 0 bridgehead atoms. The number of nitrogens with zero attached hydrogens (tertiary/aromatic N) is 3. The van der Waals surface area contributed by atoms with Crippen LogP contribution in [0.5, 0.6) is 0 Å². The molecule has 1 aromatic heterocycles. The van der Waals surface area contributed by atoms with E-state index in [-0.39, 0.29) is 5.91 Å². The molecule has 0 unspecified atom stereocenters. The molecule has 1 aromatic rings. The Morgan fingerprint density at radius 1 is 1.60 bits per heavy atom. The van der Waals surface area contributed by atoms with E-state index >= 15 is 0 Å². The third-order valence-corrected chi connectivity index (χ3v) is 2.55. The number of carbonyl (C=O) groups excluding carboxylic acids is 1. The summed E-state index contributed by atoms with van der Waals surface area (Å²) in [6.45, 7) is 2.74. The summed E-state index contributed by atoms with van der Waals surface area (Å²) in [5.41, 5.74) is 0.341. The Labute approximate surface area is 87.7 Å². The van der Waals surface area contributed by atoms with Crippen LogP contribution in [0.3, 0.4) is 0 Å². The maximum Gasteiger partial charge on any atom is 0.291 e. The average Bonchev–Trinajstić information content (AvgIpc) is 2.76.